The van der Waals surface area contributed by atoms with E-state index >= 15 is 0 Å². The van der Waals surface area contributed by atoms with Crippen LogP contribution in [0.1, 0.15) is 17.5 Å². The molecule has 0 bridgehead atoms. The van der Waals surface area contributed by atoms with Gasteiger partial charge in [-0.3, -0.25) is 9.69 Å². The van der Waals surface area contributed by atoms with E-state index < -0.39 is 0 Å². The number of nitrogens with zero attached hydrogens (tertiary/aromatic N) is 2. The van der Waals surface area contributed by atoms with Crippen LogP contribution in [-0.4, -0.2) is 35.6 Å². The number of aliphatic hydroxyl groups excluding tert-OH is 1. The van der Waals surface area contributed by atoms with Crippen LogP contribution in [0.3, 0.4) is 0 Å². The van der Waals surface area contributed by atoms with E-state index in [1.807, 2.05) is 37.3 Å². The molecule has 0 aromatic heterocycles. The maximum absolute atomic E-state index is 13.5. The number of aryl methyl sites for hydroxylation is 1. The summed E-state index contributed by atoms with van der Waals surface area (Å²) >= 11 is 0. The van der Waals surface area contributed by atoms with E-state index in [-0.39, 0.29) is 24.2 Å². The first-order chi connectivity index (χ1) is 12.5. The van der Waals surface area contributed by atoms with E-state index in [0.717, 1.165) is 16.3 Å². The average Bonchev–Trinajstić information content (AvgIpc) is 2.60. The molecule has 0 spiro atoms. The Morgan fingerprint density at radius 2 is 2.08 bits per heavy atom. The minimum atomic E-state index is -0.337. The summed E-state index contributed by atoms with van der Waals surface area (Å²) in [5.41, 5.74) is 1.97. The van der Waals surface area contributed by atoms with E-state index in [0.29, 0.717) is 31.4 Å². The van der Waals surface area contributed by atoms with Crippen molar-refractivity contribution in [3.05, 3.63) is 70.0 Å². The van der Waals surface area contributed by atoms with Crippen LogP contribution in [0.15, 0.2) is 47.5 Å². The lowest BCUT2D eigenvalue weighted by Crippen LogP contribution is -2.39. The van der Waals surface area contributed by atoms with Crippen LogP contribution in [-0.2, 0) is 11.3 Å². The average molecular weight is 354 g/mol. The highest BCUT2D eigenvalue weighted by Gasteiger charge is 2.21. The Hall–Kier alpha value is -2.37. The smallest absolute Gasteiger partial charge is 0.254 e. The second-order valence-electron chi connectivity index (χ2n) is 6.73. The van der Waals surface area contributed by atoms with Gasteiger partial charge >= 0.3 is 0 Å². The van der Waals surface area contributed by atoms with Gasteiger partial charge in [-0.25, -0.2) is 9.38 Å². The minimum Gasteiger partial charge on any atom is -0.396 e. The Morgan fingerprint density at radius 1 is 1.23 bits per heavy atom. The predicted molar refractivity (Wildman–Crippen MR) is 98.3 cm³/mol. The summed E-state index contributed by atoms with van der Waals surface area (Å²) in [6.45, 7) is 3.74. The van der Waals surface area contributed by atoms with Crippen molar-refractivity contribution in [3.63, 3.8) is 0 Å². The van der Waals surface area contributed by atoms with Gasteiger partial charge in [-0.05, 0) is 42.3 Å². The standard InChI is InChI=1S/C21H23FN2O2/c1-15-6-7-20-17(10-15)12-18(21(26)23-20)14-24(8-3-9-25)13-16-4-2-5-19(22)11-16/h2,4-7,10-12,18,25H,3,8-9,13-14H2,1H3. The normalized spacial score (nSPS) is 16.2. The van der Waals surface area contributed by atoms with Crippen LogP contribution < -0.4 is 10.6 Å². The van der Waals surface area contributed by atoms with Crippen LogP contribution >= 0.6 is 0 Å². The fraction of sp³-hybridized carbons (Fsp3) is 0.333. The van der Waals surface area contributed by atoms with E-state index in [4.69, 9.17) is 5.11 Å². The molecule has 0 saturated heterocycles. The van der Waals surface area contributed by atoms with E-state index in [1.54, 1.807) is 6.07 Å². The third kappa shape index (κ3) is 4.62. The lowest BCUT2D eigenvalue weighted by molar-refractivity contribution is -0.120. The first-order valence-corrected chi connectivity index (χ1v) is 8.84. The monoisotopic (exact) mass is 354 g/mol. The van der Waals surface area contributed by atoms with E-state index in [9.17, 15) is 9.18 Å². The van der Waals surface area contributed by atoms with Gasteiger partial charge in [0, 0.05) is 26.2 Å². The minimum absolute atomic E-state index is 0.0778. The summed E-state index contributed by atoms with van der Waals surface area (Å²) in [5.74, 6) is -0.768. The van der Waals surface area contributed by atoms with Crippen molar-refractivity contribution in [1.29, 1.82) is 0 Å². The lowest BCUT2D eigenvalue weighted by Gasteiger charge is -2.25. The van der Waals surface area contributed by atoms with Crippen LogP contribution in [0.4, 0.5) is 4.39 Å². The number of hydrogen-bond acceptors (Lipinski definition) is 3. The molecular formula is C21H23FN2O2. The van der Waals surface area contributed by atoms with Gasteiger partial charge in [0.05, 0.1) is 11.3 Å². The molecule has 1 heterocycles. The molecule has 4 nitrogen and oxygen atoms in total. The van der Waals surface area contributed by atoms with Gasteiger partial charge in [-0.1, -0.05) is 35.9 Å². The molecule has 136 valence electrons. The molecule has 1 aliphatic rings. The molecule has 2 aromatic rings. The van der Waals surface area contributed by atoms with Crippen molar-refractivity contribution in [1.82, 2.24) is 4.90 Å². The van der Waals surface area contributed by atoms with Gasteiger partial charge in [-0.2, -0.15) is 0 Å². The number of hydrogen-bond donors (Lipinski definition) is 1. The fourth-order valence-corrected chi connectivity index (χ4v) is 3.23. The summed E-state index contributed by atoms with van der Waals surface area (Å²) in [4.78, 5) is 18.7. The number of benzene rings is 2. The number of halogens is 1. The number of fused-ring (bicyclic) bond motifs is 1. The molecule has 1 aliphatic heterocycles. The summed E-state index contributed by atoms with van der Waals surface area (Å²) in [5, 5.41) is 10.9. The molecule has 1 atom stereocenters. The number of amides is 1. The molecule has 1 unspecified atom stereocenters. The molecule has 2 aromatic carbocycles. The fourth-order valence-electron chi connectivity index (χ4n) is 3.23. The molecule has 0 fully saturated rings. The van der Waals surface area contributed by atoms with Crippen molar-refractivity contribution in [2.75, 3.05) is 19.7 Å². The second-order valence-corrected chi connectivity index (χ2v) is 6.73. The Balaban J connectivity index is 1.80. The third-order valence-electron chi connectivity index (χ3n) is 4.49. The Bertz CT molecular complexity index is 910. The zero-order valence-electron chi connectivity index (χ0n) is 14.9. The van der Waals surface area contributed by atoms with Gasteiger partial charge in [0.1, 0.15) is 5.82 Å². The maximum Gasteiger partial charge on any atom is 0.254 e. The summed E-state index contributed by atoms with van der Waals surface area (Å²) < 4.78 is 13.5. The van der Waals surface area contributed by atoms with Gasteiger partial charge in [-0.15, -0.1) is 0 Å². The Labute approximate surface area is 152 Å². The lowest BCUT2D eigenvalue weighted by atomic mass is 10.0. The highest BCUT2D eigenvalue weighted by Crippen LogP contribution is 2.13. The van der Waals surface area contributed by atoms with E-state index in [2.05, 4.69) is 9.89 Å². The van der Waals surface area contributed by atoms with Gasteiger partial charge in [0.15, 0.2) is 0 Å². The molecule has 0 radical (unpaired) electrons. The second kappa shape index (κ2) is 8.34. The number of carbonyl (C=O) groups is 1. The number of aliphatic hydroxyl groups is 1. The number of rotatable bonds is 7. The maximum atomic E-state index is 13.5. The molecule has 26 heavy (non-hydrogen) atoms. The van der Waals surface area contributed by atoms with Crippen LogP contribution in [0.2, 0.25) is 0 Å². The first-order valence-electron chi connectivity index (χ1n) is 8.84. The highest BCUT2D eigenvalue weighted by molar-refractivity contribution is 5.86. The van der Waals surface area contributed by atoms with Crippen molar-refractivity contribution in [2.45, 2.75) is 19.9 Å². The van der Waals surface area contributed by atoms with Crippen molar-refractivity contribution < 1.29 is 14.3 Å². The van der Waals surface area contributed by atoms with Crippen molar-refractivity contribution in [2.24, 2.45) is 10.9 Å². The summed E-state index contributed by atoms with van der Waals surface area (Å²) in [6, 6.07) is 12.3. The molecular weight excluding hydrogens is 331 g/mol. The third-order valence-corrected chi connectivity index (χ3v) is 4.49. The van der Waals surface area contributed by atoms with Gasteiger partial charge in [0.25, 0.3) is 5.91 Å². The molecule has 1 amide bonds. The topological polar surface area (TPSA) is 52.9 Å². The predicted octanol–water partition coefficient (Wildman–Crippen LogP) is 1.58. The molecule has 5 heteroatoms. The molecule has 0 saturated carbocycles. The van der Waals surface area contributed by atoms with Crippen molar-refractivity contribution >= 4 is 12.0 Å². The summed E-state index contributed by atoms with van der Waals surface area (Å²) in [7, 11) is 0. The van der Waals surface area contributed by atoms with Gasteiger partial charge < -0.3 is 5.11 Å². The molecule has 1 N–H and O–H groups in total. The van der Waals surface area contributed by atoms with Crippen LogP contribution in [0.25, 0.3) is 6.08 Å². The first kappa shape index (κ1) is 18.4. The van der Waals surface area contributed by atoms with Crippen molar-refractivity contribution in [3.8, 4) is 0 Å². The van der Waals surface area contributed by atoms with E-state index in [1.165, 1.54) is 12.1 Å². The Morgan fingerprint density at radius 3 is 2.85 bits per heavy atom. The summed E-state index contributed by atoms with van der Waals surface area (Å²) in [6.07, 6.45) is 2.57. The number of carbonyl (C=O) groups excluding carboxylic acids is 1. The van der Waals surface area contributed by atoms with Crippen LogP contribution in [0, 0.1) is 18.7 Å². The quantitative estimate of drug-likeness (QED) is 0.821. The zero-order valence-corrected chi connectivity index (χ0v) is 14.9. The molecule has 3 rings (SSSR count). The molecule has 0 aliphatic carbocycles. The van der Waals surface area contributed by atoms with Crippen LogP contribution in [0.5, 0.6) is 0 Å². The Kier molecular flexibility index (Phi) is 5.91. The largest absolute Gasteiger partial charge is 0.396 e. The SMILES string of the molecule is Cc1ccc2c(c1)=CC(CN(CCCO)Cc1cccc(F)c1)C(=O)N=2. The highest BCUT2D eigenvalue weighted by atomic mass is 19.1. The van der Waals surface area contributed by atoms with Gasteiger partial charge in [0.2, 0.25) is 0 Å². The zero-order chi connectivity index (χ0) is 18.5.